The van der Waals surface area contributed by atoms with Crippen molar-refractivity contribution in [2.75, 3.05) is 11.4 Å². The number of aryl methyl sites for hydroxylation is 1. The summed E-state index contributed by atoms with van der Waals surface area (Å²) in [5.74, 6) is 0.507. The normalized spacial score (nSPS) is 12.4. The topological polar surface area (TPSA) is 46.6 Å². The van der Waals surface area contributed by atoms with Crippen LogP contribution in [0.15, 0.2) is 83.8 Å². The van der Waals surface area contributed by atoms with Gasteiger partial charge in [0.2, 0.25) is 0 Å². The van der Waals surface area contributed by atoms with E-state index < -0.39 is 10.0 Å². The molecular weight excluding hydrogens is 358 g/mol. The molecule has 27 heavy (non-hydrogen) atoms. The molecule has 3 aromatic carbocycles. The van der Waals surface area contributed by atoms with Crippen molar-refractivity contribution in [3.8, 4) is 5.75 Å². The van der Waals surface area contributed by atoms with Crippen molar-refractivity contribution in [1.82, 2.24) is 0 Å². The van der Waals surface area contributed by atoms with Crippen molar-refractivity contribution < 1.29 is 13.2 Å². The van der Waals surface area contributed by atoms with Crippen molar-refractivity contribution in [2.24, 2.45) is 0 Å². The highest BCUT2D eigenvalue weighted by molar-refractivity contribution is 7.92. The molecule has 1 unspecified atom stereocenters. The number of benzene rings is 3. The molecule has 5 heteroatoms. The lowest BCUT2D eigenvalue weighted by molar-refractivity contribution is 0.413. The molecule has 0 saturated heterocycles. The molecule has 140 valence electrons. The summed E-state index contributed by atoms with van der Waals surface area (Å²) in [6, 6.07) is 23.2. The van der Waals surface area contributed by atoms with Gasteiger partial charge in [-0.3, -0.25) is 4.31 Å². The summed E-state index contributed by atoms with van der Waals surface area (Å²) in [6.07, 6.45) is 0. The molecule has 3 aromatic rings. The molecule has 0 aromatic heterocycles. The molecule has 0 spiro atoms. The van der Waals surface area contributed by atoms with E-state index in [0.29, 0.717) is 11.4 Å². The maximum absolute atomic E-state index is 13.6. The van der Waals surface area contributed by atoms with Gasteiger partial charge in [0, 0.05) is 6.07 Å². The van der Waals surface area contributed by atoms with Gasteiger partial charge in [-0.25, -0.2) is 8.42 Å². The molecule has 0 saturated carbocycles. The van der Waals surface area contributed by atoms with Crippen LogP contribution in [0.1, 0.15) is 24.1 Å². The van der Waals surface area contributed by atoms with E-state index in [2.05, 4.69) is 0 Å². The van der Waals surface area contributed by atoms with Crippen LogP contribution in [-0.2, 0) is 10.0 Å². The highest BCUT2D eigenvalue weighted by atomic mass is 32.2. The minimum Gasteiger partial charge on any atom is -0.497 e. The minimum absolute atomic E-state index is 0.200. The molecule has 0 aliphatic carbocycles. The average Bonchev–Trinajstić information content (AvgIpc) is 2.69. The maximum Gasteiger partial charge on any atom is 0.265 e. The van der Waals surface area contributed by atoms with Gasteiger partial charge in [0.25, 0.3) is 10.0 Å². The molecule has 0 aliphatic rings. The summed E-state index contributed by atoms with van der Waals surface area (Å²) < 4.78 is 33.9. The molecule has 0 N–H and O–H groups in total. The van der Waals surface area contributed by atoms with Crippen LogP contribution in [0.4, 0.5) is 5.69 Å². The first kappa shape index (κ1) is 19.0. The average molecular weight is 381 g/mol. The number of anilines is 1. The van der Waals surface area contributed by atoms with E-state index in [1.54, 1.807) is 24.3 Å². The predicted molar refractivity (Wildman–Crippen MR) is 109 cm³/mol. The lowest BCUT2D eigenvalue weighted by atomic mass is 10.0. The van der Waals surface area contributed by atoms with E-state index in [0.717, 1.165) is 11.1 Å². The Morgan fingerprint density at radius 1 is 0.889 bits per heavy atom. The third kappa shape index (κ3) is 3.83. The number of hydrogen-bond donors (Lipinski definition) is 0. The molecule has 0 radical (unpaired) electrons. The van der Waals surface area contributed by atoms with E-state index in [1.165, 1.54) is 11.4 Å². The number of methoxy groups -OCH3 is 1. The molecule has 0 aliphatic heterocycles. The zero-order valence-electron chi connectivity index (χ0n) is 15.7. The van der Waals surface area contributed by atoms with Crippen LogP contribution in [-0.4, -0.2) is 15.5 Å². The van der Waals surface area contributed by atoms with Gasteiger partial charge in [0.15, 0.2) is 0 Å². The first-order valence-electron chi connectivity index (χ1n) is 8.74. The number of para-hydroxylation sites is 1. The van der Waals surface area contributed by atoms with Gasteiger partial charge in [-0.1, -0.05) is 48.5 Å². The molecule has 1 atom stereocenters. The summed E-state index contributed by atoms with van der Waals surface area (Å²) in [5.41, 5.74) is 2.63. The van der Waals surface area contributed by atoms with E-state index in [1.807, 2.05) is 68.4 Å². The molecule has 0 fully saturated rings. The molecule has 0 bridgehead atoms. The van der Waals surface area contributed by atoms with Gasteiger partial charge in [0.1, 0.15) is 5.75 Å². The molecule has 0 amide bonds. The largest absolute Gasteiger partial charge is 0.497 e. The second-order valence-corrected chi connectivity index (χ2v) is 8.16. The van der Waals surface area contributed by atoms with Crippen molar-refractivity contribution in [1.29, 1.82) is 0 Å². The Balaban J connectivity index is 2.17. The Bertz CT molecular complexity index is 1020. The molecule has 3 rings (SSSR count). The highest BCUT2D eigenvalue weighted by Crippen LogP contribution is 2.34. The van der Waals surface area contributed by atoms with Crippen LogP contribution in [0.3, 0.4) is 0 Å². The fraction of sp³-hybridized carbons (Fsp3) is 0.182. The summed E-state index contributed by atoms with van der Waals surface area (Å²) in [4.78, 5) is 0.200. The minimum atomic E-state index is -3.80. The quantitative estimate of drug-likeness (QED) is 0.606. The second kappa shape index (κ2) is 7.84. The first-order valence-corrected chi connectivity index (χ1v) is 10.2. The monoisotopic (exact) mass is 381 g/mol. The number of sulfonamides is 1. The van der Waals surface area contributed by atoms with Crippen molar-refractivity contribution >= 4 is 15.7 Å². The van der Waals surface area contributed by atoms with Gasteiger partial charge < -0.3 is 4.74 Å². The van der Waals surface area contributed by atoms with Crippen molar-refractivity contribution in [3.05, 3.63) is 90.0 Å². The maximum atomic E-state index is 13.6. The molecular formula is C22H23NO3S. The number of nitrogens with zero attached hydrogens (tertiary/aromatic N) is 1. The Kier molecular flexibility index (Phi) is 5.51. The Hall–Kier alpha value is -2.79. The van der Waals surface area contributed by atoms with Crippen molar-refractivity contribution in [2.45, 2.75) is 24.8 Å². The van der Waals surface area contributed by atoms with E-state index in [9.17, 15) is 8.42 Å². The number of rotatable bonds is 6. The van der Waals surface area contributed by atoms with Crippen LogP contribution in [0.25, 0.3) is 0 Å². The van der Waals surface area contributed by atoms with Gasteiger partial charge in [0.05, 0.1) is 23.7 Å². The van der Waals surface area contributed by atoms with Crippen LogP contribution >= 0.6 is 0 Å². The third-order valence-corrected chi connectivity index (χ3v) is 6.49. The van der Waals surface area contributed by atoms with Crippen LogP contribution in [0.2, 0.25) is 0 Å². The predicted octanol–water partition coefficient (Wildman–Crippen LogP) is 4.96. The summed E-state index contributed by atoms with van der Waals surface area (Å²) >= 11 is 0. The standard InChI is InChI=1S/C22H23NO3S/c1-17-10-7-8-15-22(17)18(2)23(19-11-5-4-6-12-19)27(24,25)21-14-9-13-20(16-21)26-3/h4-16,18H,1-3H3. The lowest BCUT2D eigenvalue weighted by Gasteiger charge is -2.31. The van der Waals surface area contributed by atoms with Crippen molar-refractivity contribution in [3.63, 3.8) is 0 Å². The van der Waals surface area contributed by atoms with Gasteiger partial charge in [-0.05, 0) is 49.2 Å². The zero-order chi connectivity index (χ0) is 19.4. The molecule has 4 nitrogen and oxygen atoms in total. The fourth-order valence-corrected chi connectivity index (χ4v) is 4.87. The summed E-state index contributed by atoms with van der Waals surface area (Å²) in [6.45, 7) is 3.90. The Morgan fingerprint density at radius 2 is 1.56 bits per heavy atom. The van der Waals surface area contributed by atoms with Gasteiger partial charge >= 0.3 is 0 Å². The highest BCUT2D eigenvalue weighted by Gasteiger charge is 2.31. The molecule has 0 heterocycles. The van der Waals surface area contributed by atoms with E-state index in [4.69, 9.17) is 4.74 Å². The Labute approximate surface area is 161 Å². The zero-order valence-corrected chi connectivity index (χ0v) is 16.5. The van der Waals surface area contributed by atoms with Crippen LogP contribution in [0.5, 0.6) is 5.75 Å². The summed E-state index contributed by atoms with van der Waals surface area (Å²) in [7, 11) is -2.27. The van der Waals surface area contributed by atoms with Gasteiger partial charge in [-0.2, -0.15) is 0 Å². The lowest BCUT2D eigenvalue weighted by Crippen LogP contribution is -2.34. The van der Waals surface area contributed by atoms with E-state index >= 15 is 0 Å². The SMILES string of the molecule is COc1cccc(S(=O)(=O)N(c2ccccc2)C(C)c2ccccc2C)c1. The number of hydrogen-bond acceptors (Lipinski definition) is 3. The van der Waals surface area contributed by atoms with Crippen LogP contribution in [0, 0.1) is 6.92 Å². The first-order chi connectivity index (χ1) is 12.9. The fourth-order valence-electron chi connectivity index (χ4n) is 3.20. The van der Waals surface area contributed by atoms with E-state index in [-0.39, 0.29) is 10.9 Å². The smallest absolute Gasteiger partial charge is 0.265 e. The second-order valence-electron chi connectivity index (χ2n) is 6.35. The van der Waals surface area contributed by atoms with Crippen LogP contribution < -0.4 is 9.04 Å². The van der Waals surface area contributed by atoms with Gasteiger partial charge in [-0.15, -0.1) is 0 Å². The Morgan fingerprint density at radius 3 is 2.22 bits per heavy atom. The third-order valence-electron chi connectivity index (χ3n) is 4.60. The number of ether oxygens (including phenoxy) is 1. The summed E-state index contributed by atoms with van der Waals surface area (Å²) in [5, 5.41) is 0.